The first-order chi connectivity index (χ1) is 16.8. The third-order valence-corrected chi connectivity index (χ3v) is 5.64. The van der Waals surface area contributed by atoms with Crippen LogP contribution in [0.1, 0.15) is 16.7 Å². The zero-order valence-electron chi connectivity index (χ0n) is 18.8. The Morgan fingerprint density at radius 3 is 2.11 bits per heavy atom. The summed E-state index contributed by atoms with van der Waals surface area (Å²) < 4.78 is 62.9. The highest BCUT2D eigenvalue weighted by Gasteiger charge is 2.34. The molecule has 1 heterocycles. The molecule has 3 aromatic carbocycles. The van der Waals surface area contributed by atoms with E-state index in [0.29, 0.717) is 38.8 Å². The highest BCUT2D eigenvalue weighted by Crippen LogP contribution is 2.32. The first-order valence-electron chi connectivity index (χ1n) is 11.1. The van der Waals surface area contributed by atoms with Crippen LogP contribution in [0.4, 0.5) is 22.4 Å². The van der Waals surface area contributed by atoms with Crippen molar-refractivity contribution in [2.75, 3.05) is 26.2 Å². The number of carbonyl (C=O) groups excluding carboxylic acids is 1. The van der Waals surface area contributed by atoms with E-state index in [-0.39, 0.29) is 12.2 Å². The second-order valence-corrected chi connectivity index (χ2v) is 8.19. The van der Waals surface area contributed by atoms with Gasteiger partial charge in [-0.25, -0.2) is 9.18 Å². The Morgan fingerprint density at radius 1 is 0.829 bits per heavy atom. The molecule has 1 amide bonds. The largest absolute Gasteiger partial charge is 0.457 e. The number of hydrogen-bond acceptors (Lipinski definition) is 4. The molecule has 0 spiro atoms. The van der Waals surface area contributed by atoms with E-state index in [2.05, 4.69) is 4.90 Å². The molecule has 0 aromatic heterocycles. The van der Waals surface area contributed by atoms with Crippen LogP contribution in [0, 0.1) is 5.82 Å². The third-order valence-electron chi connectivity index (χ3n) is 5.64. The molecule has 9 heteroatoms. The normalized spacial score (nSPS) is 14.6. The van der Waals surface area contributed by atoms with E-state index in [0.717, 1.165) is 23.1 Å². The highest BCUT2D eigenvalue weighted by molar-refractivity contribution is 5.67. The molecule has 1 aliphatic rings. The van der Waals surface area contributed by atoms with Gasteiger partial charge in [-0.15, -0.1) is 0 Å². The van der Waals surface area contributed by atoms with Gasteiger partial charge >= 0.3 is 12.3 Å². The van der Waals surface area contributed by atoms with Crippen molar-refractivity contribution < 1.29 is 31.8 Å². The molecule has 0 saturated carbocycles. The van der Waals surface area contributed by atoms with Crippen molar-refractivity contribution >= 4 is 6.09 Å². The fraction of sp³-hybridized carbons (Fsp3) is 0.269. The number of benzene rings is 3. The van der Waals surface area contributed by atoms with Crippen LogP contribution in [0.5, 0.6) is 11.5 Å². The molecule has 0 N–H and O–H groups in total. The summed E-state index contributed by atoms with van der Waals surface area (Å²) in [6, 6.07) is 19.9. The molecule has 0 atom stereocenters. The van der Waals surface area contributed by atoms with Gasteiger partial charge in [-0.3, -0.25) is 4.90 Å². The van der Waals surface area contributed by atoms with Crippen LogP contribution in [0.3, 0.4) is 0 Å². The van der Waals surface area contributed by atoms with E-state index in [9.17, 15) is 22.4 Å². The molecule has 5 nitrogen and oxygen atoms in total. The Kier molecular flexibility index (Phi) is 7.55. The number of nitrogens with zero attached hydrogens (tertiary/aromatic N) is 2. The summed E-state index contributed by atoms with van der Waals surface area (Å²) >= 11 is 0. The molecule has 0 unspecified atom stereocenters. The zero-order chi connectivity index (χ0) is 24.8. The van der Waals surface area contributed by atoms with Crippen LogP contribution in [-0.4, -0.2) is 42.1 Å². The number of alkyl halides is 3. The molecule has 0 bridgehead atoms. The molecule has 1 saturated heterocycles. The molecular weight excluding hydrogens is 464 g/mol. The lowest BCUT2D eigenvalue weighted by Gasteiger charge is -2.34. The van der Waals surface area contributed by atoms with Crippen LogP contribution in [0.15, 0.2) is 72.8 Å². The van der Waals surface area contributed by atoms with Gasteiger partial charge in [0.25, 0.3) is 0 Å². The van der Waals surface area contributed by atoms with Gasteiger partial charge in [0.2, 0.25) is 0 Å². The molecule has 1 fully saturated rings. The first-order valence-corrected chi connectivity index (χ1v) is 11.1. The van der Waals surface area contributed by atoms with Gasteiger partial charge < -0.3 is 14.4 Å². The minimum atomic E-state index is -4.81. The first kappa shape index (κ1) is 24.5. The van der Waals surface area contributed by atoms with Crippen molar-refractivity contribution in [2.45, 2.75) is 19.3 Å². The van der Waals surface area contributed by atoms with Gasteiger partial charge in [-0.05, 0) is 47.5 Å². The fourth-order valence-corrected chi connectivity index (χ4v) is 3.75. The molecular formula is C26H24F4N2O3. The molecule has 1 aliphatic heterocycles. The van der Waals surface area contributed by atoms with E-state index >= 15 is 0 Å². The number of carbonyl (C=O) groups is 1. The van der Waals surface area contributed by atoms with Crippen molar-refractivity contribution in [1.29, 1.82) is 0 Å². The smallest absolute Gasteiger partial charge is 0.419 e. The standard InChI is InChI=1S/C26H24F4N2O3/c27-24-11-8-20(16-23(24)26(28,29)30)18-34-25(33)32-14-12-31(13-15-32)17-19-6-9-22(10-7-19)35-21-4-2-1-3-5-21/h1-11,16H,12-15,17-18H2. The van der Waals surface area contributed by atoms with Gasteiger partial charge in [-0.1, -0.05) is 36.4 Å². The Hall–Kier alpha value is -3.59. The SMILES string of the molecule is O=C(OCc1ccc(F)c(C(F)(F)F)c1)N1CCN(Cc2ccc(Oc3ccccc3)cc2)CC1. The fourth-order valence-electron chi connectivity index (χ4n) is 3.75. The van der Waals surface area contributed by atoms with Crippen molar-refractivity contribution in [3.05, 3.63) is 95.3 Å². The van der Waals surface area contributed by atoms with Gasteiger partial charge in [0.1, 0.15) is 23.9 Å². The lowest BCUT2D eigenvalue weighted by molar-refractivity contribution is -0.140. The van der Waals surface area contributed by atoms with Gasteiger partial charge in [0, 0.05) is 32.7 Å². The molecule has 0 aliphatic carbocycles. The van der Waals surface area contributed by atoms with Crippen molar-refractivity contribution in [3.8, 4) is 11.5 Å². The summed E-state index contributed by atoms with van der Waals surface area (Å²) in [6.45, 7) is 2.49. The second kappa shape index (κ2) is 10.8. The van der Waals surface area contributed by atoms with E-state index in [1.807, 2.05) is 54.6 Å². The molecule has 0 radical (unpaired) electrons. The number of rotatable bonds is 6. The summed E-state index contributed by atoms with van der Waals surface area (Å²) in [4.78, 5) is 16.1. The van der Waals surface area contributed by atoms with Crippen molar-refractivity contribution in [1.82, 2.24) is 9.80 Å². The van der Waals surface area contributed by atoms with E-state index in [4.69, 9.17) is 9.47 Å². The van der Waals surface area contributed by atoms with Gasteiger partial charge in [-0.2, -0.15) is 13.2 Å². The molecule has 3 aromatic rings. The zero-order valence-corrected chi connectivity index (χ0v) is 18.8. The Morgan fingerprint density at radius 2 is 1.46 bits per heavy atom. The van der Waals surface area contributed by atoms with Gasteiger partial charge in [0.15, 0.2) is 0 Å². The van der Waals surface area contributed by atoms with Crippen molar-refractivity contribution in [3.63, 3.8) is 0 Å². The van der Waals surface area contributed by atoms with Crippen LogP contribution in [0.2, 0.25) is 0 Å². The molecule has 184 valence electrons. The summed E-state index contributed by atoms with van der Waals surface area (Å²) in [5, 5.41) is 0. The summed E-state index contributed by atoms with van der Waals surface area (Å²) in [5.74, 6) is 0.154. The van der Waals surface area contributed by atoms with Crippen molar-refractivity contribution in [2.24, 2.45) is 0 Å². The number of para-hydroxylation sites is 1. The Bertz CT molecular complexity index is 1130. The minimum absolute atomic E-state index is 0.0744. The predicted octanol–water partition coefficient (Wildman–Crippen LogP) is 6.09. The number of ether oxygens (including phenoxy) is 2. The van der Waals surface area contributed by atoms with Crippen LogP contribution >= 0.6 is 0 Å². The minimum Gasteiger partial charge on any atom is -0.457 e. The maximum absolute atomic E-state index is 13.4. The lowest BCUT2D eigenvalue weighted by Crippen LogP contribution is -2.48. The monoisotopic (exact) mass is 488 g/mol. The van der Waals surface area contributed by atoms with Crippen LogP contribution in [0.25, 0.3) is 0 Å². The Balaban J connectivity index is 1.22. The third kappa shape index (κ3) is 6.73. The number of piperazine rings is 1. The predicted molar refractivity (Wildman–Crippen MR) is 121 cm³/mol. The number of amides is 1. The average molecular weight is 488 g/mol. The maximum Gasteiger partial charge on any atom is 0.419 e. The van der Waals surface area contributed by atoms with E-state index in [1.165, 1.54) is 11.0 Å². The quantitative estimate of drug-likeness (QED) is 0.394. The topological polar surface area (TPSA) is 42.0 Å². The second-order valence-electron chi connectivity index (χ2n) is 8.19. The average Bonchev–Trinajstić information content (AvgIpc) is 2.85. The van der Waals surface area contributed by atoms with Crippen LogP contribution < -0.4 is 4.74 Å². The van der Waals surface area contributed by atoms with Gasteiger partial charge in [0.05, 0.1) is 5.56 Å². The summed E-state index contributed by atoms with van der Waals surface area (Å²) in [7, 11) is 0. The van der Waals surface area contributed by atoms with E-state index in [1.54, 1.807) is 0 Å². The highest BCUT2D eigenvalue weighted by atomic mass is 19.4. The Labute approximate surface area is 200 Å². The molecule has 35 heavy (non-hydrogen) atoms. The molecule has 4 rings (SSSR count). The maximum atomic E-state index is 13.4. The van der Waals surface area contributed by atoms with Crippen LogP contribution in [-0.2, 0) is 24.1 Å². The number of hydrogen-bond donors (Lipinski definition) is 0. The lowest BCUT2D eigenvalue weighted by atomic mass is 10.1. The number of halogens is 4. The summed E-state index contributed by atoms with van der Waals surface area (Å²) in [5.41, 5.74) is -0.192. The summed E-state index contributed by atoms with van der Waals surface area (Å²) in [6.07, 6.45) is -5.42. The van der Waals surface area contributed by atoms with E-state index < -0.39 is 23.7 Å².